The van der Waals surface area contributed by atoms with Gasteiger partial charge in [0.25, 0.3) is 0 Å². The van der Waals surface area contributed by atoms with Crippen LogP contribution in [0.25, 0.3) is 22.1 Å². The Bertz CT molecular complexity index is 1120. The predicted molar refractivity (Wildman–Crippen MR) is 113 cm³/mol. The first-order valence-electron chi connectivity index (χ1n) is 10.3. The Morgan fingerprint density at radius 3 is 2.66 bits per heavy atom. The normalized spacial score (nSPS) is 21.6. The highest BCUT2D eigenvalue weighted by Crippen LogP contribution is 2.39. The van der Waals surface area contributed by atoms with Crippen molar-refractivity contribution in [1.29, 1.82) is 0 Å². The summed E-state index contributed by atoms with van der Waals surface area (Å²) in [6.45, 7) is 1.75. The Morgan fingerprint density at radius 2 is 1.97 bits per heavy atom. The van der Waals surface area contributed by atoms with Crippen LogP contribution in [-0.4, -0.2) is 45.1 Å². The molecule has 1 atom stereocenters. The molecule has 1 fully saturated rings. The third-order valence-corrected chi connectivity index (χ3v) is 7.01. The fraction of sp³-hybridized carbons (Fsp3) is 0.571. The lowest BCUT2D eigenvalue weighted by molar-refractivity contribution is 0.174. The minimum atomic E-state index is -2.88. The first-order chi connectivity index (χ1) is 13.8. The fourth-order valence-electron chi connectivity index (χ4n) is 4.60. The van der Waals surface area contributed by atoms with Gasteiger partial charge in [-0.15, -0.1) is 0 Å². The van der Waals surface area contributed by atoms with E-state index in [4.69, 9.17) is 0 Å². The average Bonchev–Trinajstić information content (AvgIpc) is 3.08. The van der Waals surface area contributed by atoms with E-state index in [9.17, 15) is 13.5 Å². The van der Waals surface area contributed by atoms with E-state index in [-0.39, 0.29) is 11.8 Å². The van der Waals surface area contributed by atoms with Gasteiger partial charge in [0.15, 0.2) is 0 Å². The summed E-state index contributed by atoms with van der Waals surface area (Å²) in [5.41, 5.74) is 3.36. The maximum absolute atomic E-state index is 11.4. The first kappa shape index (κ1) is 20.2. The molecule has 0 bridgehead atoms. The van der Waals surface area contributed by atoms with Gasteiger partial charge < -0.3 is 9.67 Å². The van der Waals surface area contributed by atoms with Crippen molar-refractivity contribution in [2.75, 3.05) is 12.0 Å². The molecule has 0 saturated heterocycles. The molecule has 3 aromatic rings. The minimum absolute atomic E-state index is 0.253. The quantitative estimate of drug-likeness (QED) is 0.659. The van der Waals surface area contributed by atoms with E-state index in [1.165, 1.54) is 6.26 Å². The number of imidazole rings is 1. The largest absolute Gasteiger partial charge is 0.385 e. The molecule has 4 rings (SSSR count). The van der Waals surface area contributed by atoms with E-state index in [1.807, 2.05) is 12.1 Å². The molecule has 156 valence electrons. The van der Waals surface area contributed by atoms with Gasteiger partial charge in [-0.05, 0) is 63.5 Å². The molecule has 1 saturated carbocycles. The molecule has 0 amide bonds. The van der Waals surface area contributed by atoms with Gasteiger partial charge in [-0.1, -0.05) is 0 Å². The molecule has 0 unspecified atom stereocenters. The lowest BCUT2D eigenvalue weighted by atomic mass is 9.83. The number of hydrogen-bond donors (Lipinski definition) is 1. The van der Waals surface area contributed by atoms with Crippen LogP contribution in [0.5, 0.6) is 0 Å². The van der Waals surface area contributed by atoms with Gasteiger partial charge in [-0.25, -0.2) is 13.4 Å². The summed E-state index contributed by atoms with van der Waals surface area (Å²) in [6, 6.07) is 4.07. The fourth-order valence-corrected chi connectivity index (χ4v) is 5.29. The molecule has 3 heterocycles. The van der Waals surface area contributed by atoms with Crippen molar-refractivity contribution in [3.63, 3.8) is 0 Å². The number of fused-ring (bicyclic) bond motifs is 3. The second kappa shape index (κ2) is 7.99. The number of nitrogens with zero attached hydrogens (tertiary/aromatic N) is 4. The van der Waals surface area contributed by atoms with E-state index in [2.05, 4.69) is 19.5 Å². The zero-order valence-corrected chi connectivity index (χ0v) is 17.8. The van der Waals surface area contributed by atoms with Crippen molar-refractivity contribution in [2.45, 2.75) is 57.6 Å². The van der Waals surface area contributed by atoms with E-state index >= 15 is 0 Å². The smallest absolute Gasteiger partial charge is 0.147 e. The standard InChI is InChI=1S/C21H28N4O3S/c1-14(26)21-24-18-13-23-17-6-3-11-22-19(17)20(18)25(21)16-9-7-15(8-10-16)5-4-12-29(2,27)28/h3,6,11,13-16,26H,4-5,7-10,12H2,1-2H3/t14-,15?,16?/m1/s1. The Hall–Kier alpha value is -2.06. The highest BCUT2D eigenvalue weighted by atomic mass is 32.2. The topological polar surface area (TPSA) is 98.0 Å². The van der Waals surface area contributed by atoms with Gasteiger partial charge in [-0.2, -0.15) is 0 Å². The molecule has 7 nitrogen and oxygen atoms in total. The van der Waals surface area contributed by atoms with Gasteiger partial charge in [0, 0.05) is 24.2 Å². The van der Waals surface area contributed by atoms with Crippen molar-refractivity contribution in [1.82, 2.24) is 19.5 Å². The third-order valence-electron chi connectivity index (χ3n) is 5.98. The second-order valence-corrected chi connectivity index (χ2v) is 10.6. The zero-order chi connectivity index (χ0) is 20.6. The van der Waals surface area contributed by atoms with Crippen LogP contribution in [0.4, 0.5) is 0 Å². The summed E-state index contributed by atoms with van der Waals surface area (Å²) in [4.78, 5) is 13.7. The van der Waals surface area contributed by atoms with Crippen molar-refractivity contribution >= 4 is 31.9 Å². The minimum Gasteiger partial charge on any atom is -0.385 e. The SMILES string of the molecule is C[C@@H](O)c1nc2cnc3cccnc3c2n1C1CCC(CCCS(C)(=O)=O)CC1. The van der Waals surface area contributed by atoms with E-state index in [0.717, 1.165) is 60.6 Å². The van der Waals surface area contributed by atoms with Gasteiger partial charge >= 0.3 is 0 Å². The average molecular weight is 417 g/mol. The number of aromatic nitrogens is 4. The maximum Gasteiger partial charge on any atom is 0.147 e. The summed E-state index contributed by atoms with van der Waals surface area (Å²) >= 11 is 0. The van der Waals surface area contributed by atoms with E-state index < -0.39 is 15.9 Å². The summed E-state index contributed by atoms with van der Waals surface area (Å²) in [7, 11) is -2.88. The van der Waals surface area contributed by atoms with Gasteiger partial charge in [0.1, 0.15) is 32.8 Å². The van der Waals surface area contributed by atoms with Crippen LogP contribution in [0, 0.1) is 5.92 Å². The number of aliphatic hydroxyl groups is 1. The molecule has 0 spiro atoms. The van der Waals surface area contributed by atoms with Gasteiger partial charge in [-0.3, -0.25) is 9.97 Å². The van der Waals surface area contributed by atoms with Crippen molar-refractivity contribution in [3.05, 3.63) is 30.4 Å². The van der Waals surface area contributed by atoms with Crippen LogP contribution in [0.2, 0.25) is 0 Å². The molecule has 8 heteroatoms. The Balaban J connectivity index is 1.61. The maximum atomic E-state index is 11.4. The molecular formula is C21H28N4O3S. The zero-order valence-electron chi connectivity index (χ0n) is 17.0. The van der Waals surface area contributed by atoms with Crippen LogP contribution < -0.4 is 0 Å². The van der Waals surface area contributed by atoms with Crippen LogP contribution >= 0.6 is 0 Å². The monoisotopic (exact) mass is 416 g/mol. The Kier molecular flexibility index (Phi) is 5.57. The van der Waals surface area contributed by atoms with Crippen molar-refractivity contribution < 1.29 is 13.5 Å². The summed E-state index contributed by atoms with van der Waals surface area (Å²) in [5, 5.41) is 10.4. The highest BCUT2D eigenvalue weighted by Gasteiger charge is 2.28. The van der Waals surface area contributed by atoms with Crippen LogP contribution in [-0.2, 0) is 9.84 Å². The third kappa shape index (κ3) is 4.28. The van der Waals surface area contributed by atoms with Crippen LogP contribution in [0.15, 0.2) is 24.5 Å². The Labute approximate surface area is 171 Å². The summed E-state index contributed by atoms with van der Waals surface area (Å²) < 4.78 is 24.9. The molecule has 0 aliphatic heterocycles. The summed E-state index contributed by atoms with van der Waals surface area (Å²) in [5.74, 6) is 1.51. The molecule has 3 aromatic heterocycles. The van der Waals surface area contributed by atoms with Gasteiger partial charge in [0.2, 0.25) is 0 Å². The van der Waals surface area contributed by atoms with Crippen LogP contribution in [0.1, 0.15) is 63.4 Å². The molecule has 29 heavy (non-hydrogen) atoms. The molecule has 0 radical (unpaired) electrons. The first-order valence-corrected chi connectivity index (χ1v) is 12.4. The molecular weight excluding hydrogens is 388 g/mol. The van der Waals surface area contributed by atoms with Crippen molar-refractivity contribution in [3.8, 4) is 0 Å². The molecule has 1 aliphatic carbocycles. The lowest BCUT2D eigenvalue weighted by Crippen LogP contribution is -2.21. The summed E-state index contributed by atoms with van der Waals surface area (Å²) in [6.07, 6.45) is 9.96. The molecule has 1 N–H and O–H groups in total. The van der Waals surface area contributed by atoms with E-state index in [0.29, 0.717) is 11.7 Å². The number of hydrogen-bond acceptors (Lipinski definition) is 6. The number of sulfone groups is 1. The van der Waals surface area contributed by atoms with Gasteiger partial charge in [0.05, 0.1) is 17.2 Å². The number of aliphatic hydroxyl groups excluding tert-OH is 1. The highest BCUT2D eigenvalue weighted by molar-refractivity contribution is 7.90. The van der Waals surface area contributed by atoms with E-state index in [1.54, 1.807) is 19.3 Å². The van der Waals surface area contributed by atoms with Crippen molar-refractivity contribution in [2.24, 2.45) is 5.92 Å². The molecule has 1 aliphatic rings. The lowest BCUT2D eigenvalue weighted by Gasteiger charge is -2.31. The predicted octanol–water partition coefficient (Wildman–Crippen LogP) is 3.59. The number of rotatable bonds is 6. The molecule has 0 aromatic carbocycles. The second-order valence-electron chi connectivity index (χ2n) is 8.33. The van der Waals surface area contributed by atoms with Crippen LogP contribution in [0.3, 0.4) is 0 Å². The number of pyridine rings is 2. The Morgan fingerprint density at radius 1 is 1.21 bits per heavy atom.